The number of nitrogens with zero attached hydrogens (tertiary/aromatic N) is 1. The average Bonchev–Trinajstić information content (AvgIpc) is 2.25. The van der Waals surface area contributed by atoms with Crippen molar-refractivity contribution in [1.29, 1.82) is 0 Å². The van der Waals surface area contributed by atoms with E-state index in [9.17, 15) is 4.79 Å². The molecule has 1 aromatic rings. The summed E-state index contributed by atoms with van der Waals surface area (Å²) >= 11 is 1.61. The lowest BCUT2D eigenvalue weighted by atomic mass is 10.2. The van der Waals surface area contributed by atoms with Gasteiger partial charge in [-0.3, -0.25) is 4.79 Å². The van der Waals surface area contributed by atoms with Crippen LogP contribution < -0.4 is 10.9 Å². The zero-order valence-corrected chi connectivity index (χ0v) is 11.6. The second-order valence-corrected chi connectivity index (χ2v) is 5.05. The summed E-state index contributed by atoms with van der Waals surface area (Å²) in [5, 5.41) is 4.16. The lowest BCUT2D eigenvalue weighted by molar-refractivity contribution is 0.531. The summed E-state index contributed by atoms with van der Waals surface area (Å²) in [5.74, 6) is 0.939. The SMILES string of the molecule is CCCC(CSc1nc(C)cc(=O)[nH]1)NCC. The molecular formula is C12H21N3OS. The van der Waals surface area contributed by atoms with Gasteiger partial charge in [-0.15, -0.1) is 0 Å². The molecule has 0 saturated heterocycles. The van der Waals surface area contributed by atoms with Gasteiger partial charge >= 0.3 is 0 Å². The highest BCUT2D eigenvalue weighted by Crippen LogP contribution is 2.14. The Bertz CT molecular complexity index is 386. The third-order valence-electron chi connectivity index (χ3n) is 2.40. The molecule has 0 saturated carbocycles. The molecule has 0 amide bonds. The van der Waals surface area contributed by atoms with Crippen LogP contribution in [0.25, 0.3) is 0 Å². The highest BCUT2D eigenvalue weighted by atomic mass is 32.2. The van der Waals surface area contributed by atoms with Crippen LogP contribution in [0.2, 0.25) is 0 Å². The molecule has 0 aliphatic heterocycles. The lowest BCUT2D eigenvalue weighted by Crippen LogP contribution is -2.31. The first-order chi connectivity index (χ1) is 8.15. The minimum atomic E-state index is -0.0736. The number of aromatic nitrogens is 2. The van der Waals surface area contributed by atoms with Gasteiger partial charge in [0, 0.05) is 23.6 Å². The number of hydrogen-bond donors (Lipinski definition) is 2. The van der Waals surface area contributed by atoms with Crippen LogP contribution in [0.3, 0.4) is 0 Å². The summed E-state index contributed by atoms with van der Waals surface area (Å²) in [5.41, 5.74) is 0.697. The van der Waals surface area contributed by atoms with Crippen LogP contribution in [0.1, 0.15) is 32.4 Å². The Hall–Kier alpha value is -0.810. The number of aryl methyl sites for hydroxylation is 1. The van der Waals surface area contributed by atoms with Gasteiger partial charge < -0.3 is 10.3 Å². The number of aromatic amines is 1. The molecule has 0 aliphatic carbocycles. The summed E-state index contributed by atoms with van der Waals surface area (Å²) in [4.78, 5) is 18.3. The molecule has 1 aromatic heterocycles. The topological polar surface area (TPSA) is 57.8 Å². The molecule has 1 heterocycles. The Labute approximate surface area is 107 Å². The van der Waals surface area contributed by atoms with Crippen molar-refractivity contribution in [2.75, 3.05) is 12.3 Å². The maximum atomic E-state index is 11.3. The monoisotopic (exact) mass is 255 g/mol. The van der Waals surface area contributed by atoms with E-state index < -0.39 is 0 Å². The van der Waals surface area contributed by atoms with Gasteiger partial charge in [0.1, 0.15) is 0 Å². The minimum absolute atomic E-state index is 0.0736. The quantitative estimate of drug-likeness (QED) is 0.577. The van der Waals surface area contributed by atoms with Gasteiger partial charge in [0.2, 0.25) is 0 Å². The number of nitrogens with one attached hydrogen (secondary N) is 2. The lowest BCUT2D eigenvalue weighted by Gasteiger charge is -2.15. The van der Waals surface area contributed by atoms with Crippen molar-refractivity contribution >= 4 is 11.8 Å². The van der Waals surface area contributed by atoms with E-state index in [2.05, 4.69) is 29.1 Å². The number of H-pyrrole nitrogens is 1. The molecule has 0 aliphatic rings. The van der Waals surface area contributed by atoms with Gasteiger partial charge in [-0.2, -0.15) is 0 Å². The predicted octanol–water partition coefficient (Wildman–Crippen LogP) is 1.95. The molecule has 17 heavy (non-hydrogen) atoms. The first-order valence-corrected chi connectivity index (χ1v) is 7.08. The largest absolute Gasteiger partial charge is 0.313 e. The zero-order chi connectivity index (χ0) is 12.7. The fourth-order valence-corrected chi connectivity index (χ4v) is 2.71. The molecular weight excluding hydrogens is 234 g/mol. The molecule has 4 nitrogen and oxygen atoms in total. The minimum Gasteiger partial charge on any atom is -0.313 e. The van der Waals surface area contributed by atoms with Crippen molar-refractivity contribution < 1.29 is 0 Å². The van der Waals surface area contributed by atoms with E-state index >= 15 is 0 Å². The molecule has 5 heteroatoms. The van der Waals surface area contributed by atoms with E-state index in [1.165, 1.54) is 6.07 Å². The van der Waals surface area contributed by atoms with Crippen LogP contribution in [0.4, 0.5) is 0 Å². The van der Waals surface area contributed by atoms with Gasteiger partial charge in [-0.05, 0) is 19.9 Å². The highest BCUT2D eigenvalue weighted by molar-refractivity contribution is 7.99. The first kappa shape index (κ1) is 14.3. The smallest absolute Gasteiger partial charge is 0.251 e. The molecule has 2 N–H and O–H groups in total. The standard InChI is InChI=1S/C12H21N3OS/c1-4-6-10(13-5-2)8-17-12-14-9(3)7-11(16)15-12/h7,10,13H,4-6,8H2,1-3H3,(H,14,15,16). The third kappa shape index (κ3) is 5.37. The van der Waals surface area contributed by atoms with Crippen molar-refractivity contribution in [1.82, 2.24) is 15.3 Å². The van der Waals surface area contributed by atoms with Crippen molar-refractivity contribution in [3.05, 3.63) is 22.1 Å². The fourth-order valence-electron chi connectivity index (χ4n) is 1.68. The van der Waals surface area contributed by atoms with Crippen molar-refractivity contribution in [3.63, 3.8) is 0 Å². The second kappa shape index (κ2) is 7.50. The summed E-state index contributed by atoms with van der Waals surface area (Å²) in [6.07, 6.45) is 2.31. The Kier molecular flexibility index (Phi) is 6.29. The van der Waals surface area contributed by atoms with Crippen LogP contribution >= 0.6 is 11.8 Å². The average molecular weight is 255 g/mol. The zero-order valence-electron chi connectivity index (χ0n) is 10.7. The van der Waals surface area contributed by atoms with Crippen LogP contribution in [-0.4, -0.2) is 28.3 Å². The highest BCUT2D eigenvalue weighted by Gasteiger charge is 2.08. The second-order valence-electron chi connectivity index (χ2n) is 4.05. The van der Waals surface area contributed by atoms with Crippen LogP contribution in [0, 0.1) is 6.92 Å². The van der Waals surface area contributed by atoms with Crippen molar-refractivity contribution in [2.45, 2.75) is 44.8 Å². The first-order valence-electron chi connectivity index (χ1n) is 6.09. The molecule has 1 unspecified atom stereocenters. The molecule has 0 aromatic carbocycles. The van der Waals surface area contributed by atoms with Crippen molar-refractivity contribution in [3.8, 4) is 0 Å². The van der Waals surface area contributed by atoms with Gasteiger partial charge in [0.15, 0.2) is 5.16 Å². The normalized spacial score (nSPS) is 12.6. The Morgan fingerprint density at radius 3 is 2.88 bits per heavy atom. The van der Waals surface area contributed by atoms with Gasteiger partial charge in [-0.1, -0.05) is 32.0 Å². The molecule has 96 valence electrons. The van der Waals surface area contributed by atoms with E-state index in [1.54, 1.807) is 11.8 Å². The fraction of sp³-hybridized carbons (Fsp3) is 0.667. The summed E-state index contributed by atoms with van der Waals surface area (Å²) < 4.78 is 0. The maximum absolute atomic E-state index is 11.3. The molecule has 0 spiro atoms. The number of hydrogen-bond acceptors (Lipinski definition) is 4. The Balaban J connectivity index is 2.55. The number of thioether (sulfide) groups is 1. The third-order valence-corrected chi connectivity index (χ3v) is 3.44. The molecule has 0 fully saturated rings. The summed E-state index contributed by atoms with van der Waals surface area (Å²) in [6.45, 7) is 7.11. The Morgan fingerprint density at radius 1 is 1.53 bits per heavy atom. The van der Waals surface area contributed by atoms with Gasteiger partial charge in [0.05, 0.1) is 0 Å². The van der Waals surface area contributed by atoms with Crippen LogP contribution in [-0.2, 0) is 0 Å². The molecule has 0 radical (unpaired) electrons. The Morgan fingerprint density at radius 2 is 2.29 bits per heavy atom. The summed E-state index contributed by atoms with van der Waals surface area (Å²) in [6, 6.07) is 2.00. The summed E-state index contributed by atoms with van der Waals surface area (Å²) in [7, 11) is 0. The van der Waals surface area contributed by atoms with E-state index in [4.69, 9.17) is 0 Å². The molecule has 1 rings (SSSR count). The number of rotatable bonds is 7. The van der Waals surface area contributed by atoms with Crippen LogP contribution in [0.15, 0.2) is 16.0 Å². The van der Waals surface area contributed by atoms with E-state index in [-0.39, 0.29) is 5.56 Å². The van der Waals surface area contributed by atoms with Crippen molar-refractivity contribution in [2.24, 2.45) is 0 Å². The van der Waals surface area contributed by atoms with Gasteiger partial charge in [0.25, 0.3) is 5.56 Å². The molecule has 0 bridgehead atoms. The van der Waals surface area contributed by atoms with Gasteiger partial charge in [-0.25, -0.2) is 4.98 Å². The van der Waals surface area contributed by atoms with E-state index in [0.29, 0.717) is 11.2 Å². The van der Waals surface area contributed by atoms with E-state index in [1.807, 2.05) is 6.92 Å². The van der Waals surface area contributed by atoms with Crippen LogP contribution in [0.5, 0.6) is 0 Å². The maximum Gasteiger partial charge on any atom is 0.251 e. The predicted molar refractivity (Wildman–Crippen MR) is 72.7 cm³/mol. The van der Waals surface area contributed by atoms with E-state index in [0.717, 1.165) is 30.8 Å². The molecule has 1 atom stereocenters.